The van der Waals surface area contributed by atoms with Crippen LogP contribution in [0.1, 0.15) is 22.6 Å². The number of hydrogen-bond donors (Lipinski definition) is 2. The Kier molecular flexibility index (Phi) is 5.11. The smallest absolute Gasteiger partial charge is 0.268 e. The molecule has 2 atom stereocenters. The molecule has 3 rings (SSSR count). The van der Waals surface area contributed by atoms with Gasteiger partial charge in [0.25, 0.3) is 5.91 Å². The first-order valence-corrected chi connectivity index (χ1v) is 8.11. The number of amides is 1. The number of nitrogens with two attached hydrogens (primary N) is 1. The van der Waals surface area contributed by atoms with E-state index in [4.69, 9.17) is 15.2 Å². The van der Waals surface area contributed by atoms with E-state index >= 15 is 0 Å². The van der Waals surface area contributed by atoms with Crippen molar-refractivity contribution in [2.24, 2.45) is 5.73 Å². The largest absolute Gasteiger partial charge is 0.379 e. The summed E-state index contributed by atoms with van der Waals surface area (Å²) in [6.07, 6.45) is 3.53. The van der Waals surface area contributed by atoms with Crippen LogP contribution >= 0.6 is 11.3 Å². The fourth-order valence-corrected chi connectivity index (χ4v) is 2.83. The third-order valence-corrected chi connectivity index (χ3v) is 4.09. The summed E-state index contributed by atoms with van der Waals surface area (Å²) in [6, 6.07) is 0.0137. The average Bonchev–Trinajstić information content (AvgIpc) is 3.08. The first-order chi connectivity index (χ1) is 11.2. The van der Waals surface area contributed by atoms with Gasteiger partial charge in [-0.25, -0.2) is 9.97 Å². The van der Waals surface area contributed by atoms with Crippen molar-refractivity contribution in [3.8, 4) is 0 Å². The molecule has 0 unspecified atom stereocenters. The van der Waals surface area contributed by atoms with E-state index in [2.05, 4.69) is 20.3 Å². The maximum Gasteiger partial charge on any atom is 0.268 e. The van der Waals surface area contributed by atoms with Crippen LogP contribution < -0.4 is 11.1 Å². The summed E-state index contributed by atoms with van der Waals surface area (Å²) >= 11 is 1.53. The van der Waals surface area contributed by atoms with Crippen molar-refractivity contribution in [3.63, 3.8) is 0 Å². The van der Waals surface area contributed by atoms with Crippen LogP contribution in [-0.2, 0) is 16.1 Å². The van der Waals surface area contributed by atoms with E-state index in [1.54, 1.807) is 11.7 Å². The molecule has 3 heterocycles. The van der Waals surface area contributed by atoms with Gasteiger partial charge in [-0.1, -0.05) is 0 Å². The average molecular weight is 335 g/mol. The zero-order chi connectivity index (χ0) is 16.1. The van der Waals surface area contributed by atoms with E-state index < -0.39 is 5.91 Å². The van der Waals surface area contributed by atoms with Gasteiger partial charge in [0.05, 0.1) is 42.9 Å². The molecular formula is C14H17N5O3S. The Morgan fingerprint density at radius 2 is 2.43 bits per heavy atom. The van der Waals surface area contributed by atoms with Gasteiger partial charge in [-0.05, 0) is 6.42 Å². The van der Waals surface area contributed by atoms with Crippen LogP contribution in [0, 0.1) is 0 Å². The van der Waals surface area contributed by atoms with Gasteiger partial charge in [-0.3, -0.25) is 9.78 Å². The van der Waals surface area contributed by atoms with Gasteiger partial charge in [-0.15, -0.1) is 11.3 Å². The highest BCUT2D eigenvalue weighted by molar-refractivity contribution is 7.07. The second-order valence-corrected chi connectivity index (χ2v) is 5.82. The van der Waals surface area contributed by atoms with Gasteiger partial charge in [0.1, 0.15) is 17.6 Å². The van der Waals surface area contributed by atoms with Crippen molar-refractivity contribution in [1.82, 2.24) is 15.0 Å². The Morgan fingerprint density at radius 3 is 3.22 bits per heavy atom. The number of nitrogens with one attached hydrogen (secondary N) is 1. The number of rotatable bonds is 6. The fraction of sp³-hybridized carbons (Fsp3) is 0.429. The number of nitrogens with zero attached hydrogens (tertiary/aromatic N) is 3. The molecule has 3 N–H and O–H groups in total. The molecule has 1 amide bonds. The van der Waals surface area contributed by atoms with Gasteiger partial charge in [0.2, 0.25) is 0 Å². The molecule has 0 bridgehead atoms. The first kappa shape index (κ1) is 15.8. The van der Waals surface area contributed by atoms with Crippen LogP contribution in [0.5, 0.6) is 0 Å². The Balaban J connectivity index is 1.64. The van der Waals surface area contributed by atoms with Crippen molar-refractivity contribution < 1.29 is 14.3 Å². The van der Waals surface area contributed by atoms with Crippen molar-refractivity contribution in [1.29, 1.82) is 0 Å². The molecule has 2 aromatic rings. The van der Waals surface area contributed by atoms with Crippen LogP contribution in [0.4, 0.5) is 5.82 Å². The van der Waals surface area contributed by atoms with E-state index in [1.165, 1.54) is 17.5 Å². The van der Waals surface area contributed by atoms with Gasteiger partial charge in [-0.2, -0.15) is 0 Å². The molecule has 0 radical (unpaired) electrons. The highest BCUT2D eigenvalue weighted by atomic mass is 32.1. The molecule has 0 aromatic carbocycles. The van der Waals surface area contributed by atoms with Crippen molar-refractivity contribution in [2.75, 3.05) is 18.5 Å². The fourth-order valence-electron chi connectivity index (χ4n) is 2.29. The van der Waals surface area contributed by atoms with E-state index in [-0.39, 0.29) is 17.8 Å². The lowest BCUT2D eigenvalue weighted by molar-refractivity contribution is -0.0644. The number of carbonyl (C=O) groups excluding carboxylic acids is 1. The normalized spacial score (nSPS) is 21.0. The van der Waals surface area contributed by atoms with E-state index in [0.29, 0.717) is 25.6 Å². The number of aromatic nitrogens is 3. The lowest BCUT2D eigenvalue weighted by Gasteiger charge is -2.32. The molecule has 1 aliphatic heterocycles. The second-order valence-electron chi connectivity index (χ2n) is 5.10. The van der Waals surface area contributed by atoms with Crippen molar-refractivity contribution >= 4 is 23.1 Å². The maximum atomic E-state index is 11.2. The molecule has 122 valence electrons. The maximum absolute atomic E-state index is 11.2. The molecule has 8 nitrogen and oxygen atoms in total. The highest BCUT2D eigenvalue weighted by Gasteiger charge is 2.27. The predicted octanol–water partition coefficient (Wildman–Crippen LogP) is 0.818. The predicted molar refractivity (Wildman–Crippen MR) is 84.1 cm³/mol. The van der Waals surface area contributed by atoms with E-state index in [9.17, 15) is 4.79 Å². The molecule has 0 aliphatic carbocycles. The van der Waals surface area contributed by atoms with Crippen LogP contribution in [0.25, 0.3) is 0 Å². The Labute approximate surface area is 137 Å². The lowest BCUT2D eigenvalue weighted by atomic mass is 10.1. The van der Waals surface area contributed by atoms with Crippen molar-refractivity contribution in [2.45, 2.75) is 25.2 Å². The molecule has 0 saturated carbocycles. The summed E-state index contributed by atoms with van der Waals surface area (Å²) in [5.74, 6) is -0.111. The van der Waals surface area contributed by atoms with Gasteiger partial charge < -0.3 is 20.5 Å². The minimum atomic E-state index is -0.607. The van der Waals surface area contributed by atoms with E-state index in [1.807, 2.05) is 5.38 Å². The molecule has 0 spiro atoms. The summed E-state index contributed by atoms with van der Waals surface area (Å²) in [6.45, 7) is 1.56. The molecule has 1 saturated heterocycles. The topological polar surface area (TPSA) is 112 Å². The number of anilines is 1. The molecule has 1 aliphatic rings. The number of primary amides is 1. The van der Waals surface area contributed by atoms with Gasteiger partial charge in [0.15, 0.2) is 0 Å². The molecule has 2 aromatic heterocycles. The summed E-state index contributed by atoms with van der Waals surface area (Å²) in [7, 11) is 0. The monoisotopic (exact) mass is 335 g/mol. The number of thiazole rings is 1. The quantitative estimate of drug-likeness (QED) is 0.803. The number of carbonyl (C=O) groups is 1. The number of hydrogen-bond acceptors (Lipinski definition) is 8. The van der Waals surface area contributed by atoms with Crippen LogP contribution in [0.2, 0.25) is 0 Å². The third-order valence-electron chi connectivity index (χ3n) is 3.45. The van der Waals surface area contributed by atoms with Gasteiger partial charge >= 0.3 is 0 Å². The molecule has 23 heavy (non-hydrogen) atoms. The summed E-state index contributed by atoms with van der Waals surface area (Å²) in [4.78, 5) is 23.5. The molecule has 1 fully saturated rings. The van der Waals surface area contributed by atoms with E-state index in [0.717, 1.165) is 12.1 Å². The lowest BCUT2D eigenvalue weighted by Crippen LogP contribution is -2.44. The van der Waals surface area contributed by atoms with Crippen LogP contribution in [-0.4, -0.2) is 46.2 Å². The zero-order valence-electron chi connectivity index (χ0n) is 12.3. The SMILES string of the molecule is NC(=O)c1cncc(N[C@@H]2CCOC[C@H]2OCc2cscn2)n1. The summed E-state index contributed by atoms with van der Waals surface area (Å²) in [5, 5.41) is 5.20. The Hall–Kier alpha value is -2.10. The zero-order valence-corrected chi connectivity index (χ0v) is 13.2. The van der Waals surface area contributed by atoms with Crippen LogP contribution in [0.15, 0.2) is 23.3 Å². The second kappa shape index (κ2) is 7.44. The summed E-state index contributed by atoms with van der Waals surface area (Å²) in [5.41, 5.74) is 8.02. The number of ether oxygens (including phenoxy) is 2. The minimum Gasteiger partial charge on any atom is -0.379 e. The van der Waals surface area contributed by atoms with Crippen molar-refractivity contribution in [3.05, 3.63) is 34.7 Å². The Morgan fingerprint density at radius 1 is 1.52 bits per heavy atom. The Bertz CT molecular complexity index is 652. The third kappa shape index (κ3) is 4.21. The standard InChI is InChI=1S/C14H17N5O3S/c15-14(20)11-3-16-4-13(19-11)18-10-1-2-21-6-12(10)22-5-9-7-23-8-17-9/h3-4,7-8,10,12H,1-2,5-6H2,(H2,15,20)(H,18,19)/t10-,12-/m1/s1. The highest BCUT2D eigenvalue weighted by Crippen LogP contribution is 2.18. The molecule has 9 heteroatoms. The summed E-state index contributed by atoms with van der Waals surface area (Å²) < 4.78 is 11.4. The first-order valence-electron chi connectivity index (χ1n) is 7.17. The minimum absolute atomic E-state index is 0.0137. The van der Waals surface area contributed by atoms with Gasteiger partial charge in [0, 0.05) is 12.0 Å². The molecular weight excluding hydrogens is 318 g/mol. The van der Waals surface area contributed by atoms with Crippen LogP contribution in [0.3, 0.4) is 0 Å².